The highest BCUT2D eigenvalue weighted by Crippen LogP contribution is 2.25. The van der Waals surface area contributed by atoms with Gasteiger partial charge < -0.3 is 5.11 Å². The second-order valence-electron chi connectivity index (χ2n) is 3.94. The fourth-order valence-electron chi connectivity index (χ4n) is 1.55. The predicted molar refractivity (Wildman–Crippen MR) is 72.5 cm³/mol. The summed E-state index contributed by atoms with van der Waals surface area (Å²) >= 11 is 5.90. The first-order chi connectivity index (χ1) is 9.33. The van der Waals surface area contributed by atoms with Crippen molar-refractivity contribution in [2.45, 2.75) is 11.9 Å². The number of rotatable bonds is 4. The van der Waals surface area contributed by atoms with Crippen LogP contribution in [0.1, 0.15) is 15.9 Å². The van der Waals surface area contributed by atoms with Gasteiger partial charge in [-0.05, 0) is 24.6 Å². The lowest BCUT2D eigenvalue weighted by molar-refractivity contribution is 0.0692. The molecule has 9 heteroatoms. The normalized spacial score (nSPS) is 11.3. The van der Waals surface area contributed by atoms with Gasteiger partial charge in [0.2, 0.25) is 0 Å². The number of carbonyl (C=O) groups is 1. The molecule has 7 nitrogen and oxygen atoms in total. The van der Waals surface area contributed by atoms with Crippen molar-refractivity contribution in [3.8, 4) is 0 Å². The molecule has 20 heavy (non-hydrogen) atoms. The number of benzene rings is 1. The topological polar surface area (TPSA) is 112 Å². The molecule has 0 saturated carbocycles. The van der Waals surface area contributed by atoms with E-state index in [1.54, 1.807) is 19.1 Å². The largest absolute Gasteiger partial charge is 0.478 e. The van der Waals surface area contributed by atoms with Gasteiger partial charge in [0.25, 0.3) is 10.0 Å². The van der Waals surface area contributed by atoms with Crippen LogP contribution < -0.4 is 4.72 Å². The molecule has 1 heterocycles. The number of aromatic carboxylic acids is 1. The molecule has 0 fully saturated rings. The average Bonchev–Trinajstić information content (AvgIpc) is 2.85. The Kier molecular flexibility index (Phi) is 3.69. The number of aromatic amines is 1. The van der Waals surface area contributed by atoms with Crippen LogP contribution in [0.5, 0.6) is 0 Å². The molecule has 0 bridgehead atoms. The van der Waals surface area contributed by atoms with Gasteiger partial charge in [0, 0.05) is 5.02 Å². The average molecular weight is 316 g/mol. The standard InChI is InChI=1S/C11H10ClN3O4S/c1-6-8(12)3-2-4-9(6)15-20(18,19)10-7(11(16)17)5-13-14-10/h2-5,15H,1H3,(H,13,14)(H,16,17). The summed E-state index contributed by atoms with van der Waals surface area (Å²) in [7, 11) is -4.09. The van der Waals surface area contributed by atoms with Gasteiger partial charge in [-0.15, -0.1) is 0 Å². The Balaban J connectivity index is 2.44. The molecule has 0 spiro atoms. The van der Waals surface area contributed by atoms with Crippen LogP contribution in [0.25, 0.3) is 0 Å². The predicted octanol–water partition coefficient (Wildman–Crippen LogP) is 1.87. The maximum Gasteiger partial charge on any atom is 0.340 e. The highest BCUT2D eigenvalue weighted by atomic mass is 35.5. The summed E-state index contributed by atoms with van der Waals surface area (Å²) in [4.78, 5) is 10.9. The number of anilines is 1. The molecule has 3 N–H and O–H groups in total. The van der Waals surface area contributed by atoms with Gasteiger partial charge >= 0.3 is 5.97 Å². The number of sulfonamides is 1. The fraction of sp³-hybridized carbons (Fsp3) is 0.0909. The number of aromatic nitrogens is 2. The summed E-state index contributed by atoms with van der Waals surface area (Å²) in [6.07, 6.45) is 0.932. The van der Waals surface area contributed by atoms with E-state index in [0.29, 0.717) is 10.6 Å². The van der Waals surface area contributed by atoms with Gasteiger partial charge in [-0.25, -0.2) is 4.79 Å². The summed E-state index contributed by atoms with van der Waals surface area (Å²) < 4.78 is 26.6. The highest BCUT2D eigenvalue weighted by Gasteiger charge is 2.25. The van der Waals surface area contributed by atoms with Crippen molar-refractivity contribution in [2.75, 3.05) is 4.72 Å². The molecule has 106 valence electrons. The van der Waals surface area contributed by atoms with E-state index in [1.165, 1.54) is 6.07 Å². The van der Waals surface area contributed by atoms with E-state index < -0.39 is 26.6 Å². The van der Waals surface area contributed by atoms with Crippen LogP contribution in [0, 0.1) is 6.92 Å². The first-order valence-electron chi connectivity index (χ1n) is 5.37. The summed E-state index contributed by atoms with van der Waals surface area (Å²) in [5, 5.41) is 14.4. The second kappa shape index (κ2) is 5.14. The number of hydrogen-bond donors (Lipinski definition) is 3. The van der Waals surface area contributed by atoms with Gasteiger partial charge in [-0.1, -0.05) is 17.7 Å². The highest BCUT2D eigenvalue weighted by molar-refractivity contribution is 7.92. The molecule has 0 atom stereocenters. The molecule has 1 aromatic heterocycles. The quantitative estimate of drug-likeness (QED) is 0.797. The molecule has 0 amide bonds. The summed E-state index contributed by atoms with van der Waals surface area (Å²) in [5.41, 5.74) is 0.370. The Morgan fingerprint density at radius 2 is 2.15 bits per heavy atom. The minimum Gasteiger partial charge on any atom is -0.478 e. The van der Waals surface area contributed by atoms with Gasteiger partial charge in [-0.3, -0.25) is 9.82 Å². The Morgan fingerprint density at radius 1 is 1.45 bits per heavy atom. The van der Waals surface area contributed by atoms with Crippen molar-refractivity contribution in [2.24, 2.45) is 0 Å². The fourth-order valence-corrected chi connectivity index (χ4v) is 2.93. The van der Waals surface area contributed by atoms with Crippen molar-refractivity contribution < 1.29 is 18.3 Å². The van der Waals surface area contributed by atoms with Crippen molar-refractivity contribution in [1.82, 2.24) is 10.2 Å². The first-order valence-corrected chi connectivity index (χ1v) is 7.23. The van der Waals surface area contributed by atoms with Gasteiger partial charge in [-0.2, -0.15) is 13.5 Å². The monoisotopic (exact) mass is 315 g/mol. The molecule has 2 rings (SSSR count). The summed E-state index contributed by atoms with van der Waals surface area (Å²) in [6.45, 7) is 1.64. The van der Waals surface area contributed by atoms with Crippen molar-refractivity contribution in [3.63, 3.8) is 0 Å². The van der Waals surface area contributed by atoms with Crippen LogP contribution >= 0.6 is 11.6 Å². The summed E-state index contributed by atoms with van der Waals surface area (Å²) in [5.74, 6) is -1.39. The third kappa shape index (κ3) is 2.61. The molecule has 0 unspecified atom stereocenters. The lowest BCUT2D eigenvalue weighted by atomic mass is 10.2. The van der Waals surface area contributed by atoms with E-state index in [-0.39, 0.29) is 5.69 Å². The molecule has 0 aliphatic carbocycles. The van der Waals surface area contributed by atoms with Gasteiger partial charge in [0.15, 0.2) is 5.03 Å². The third-order valence-electron chi connectivity index (χ3n) is 2.62. The van der Waals surface area contributed by atoms with Gasteiger partial charge in [0.1, 0.15) is 5.56 Å². The zero-order chi connectivity index (χ0) is 14.9. The van der Waals surface area contributed by atoms with Crippen LogP contribution in [-0.4, -0.2) is 29.7 Å². The summed E-state index contributed by atoms with van der Waals surface area (Å²) in [6, 6.07) is 4.72. The molecule has 0 saturated heterocycles. The molecular weight excluding hydrogens is 306 g/mol. The Bertz CT molecular complexity index is 770. The van der Waals surface area contributed by atoms with Gasteiger partial charge in [0.05, 0.1) is 11.9 Å². The molecule has 0 aliphatic heterocycles. The Labute approximate surface area is 119 Å². The Hall–Kier alpha value is -2.06. The molecule has 0 radical (unpaired) electrons. The van der Waals surface area contributed by atoms with Crippen LogP contribution in [0.3, 0.4) is 0 Å². The van der Waals surface area contributed by atoms with E-state index in [1.807, 2.05) is 0 Å². The molecule has 0 aliphatic rings. The zero-order valence-corrected chi connectivity index (χ0v) is 11.8. The van der Waals surface area contributed by atoms with E-state index in [2.05, 4.69) is 14.9 Å². The maximum atomic E-state index is 12.2. The molecular formula is C11H10ClN3O4S. The van der Waals surface area contributed by atoms with Crippen molar-refractivity contribution in [1.29, 1.82) is 0 Å². The van der Waals surface area contributed by atoms with Crippen LogP contribution in [-0.2, 0) is 10.0 Å². The Morgan fingerprint density at radius 3 is 2.80 bits per heavy atom. The van der Waals surface area contributed by atoms with E-state index in [4.69, 9.17) is 16.7 Å². The maximum absolute atomic E-state index is 12.2. The minimum atomic E-state index is -4.09. The number of hydrogen-bond acceptors (Lipinski definition) is 4. The number of nitrogens with zero attached hydrogens (tertiary/aromatic N) is 1. The number of H-pyrrole nitrogens is 1. The van der Waals surface area contributed by atoms with Crippen LogP contribution in [0.2, 0.25) is 5.02 Å². The SMILES string of the molecule is Cc1c(Cl)cccc1NS(=O)(=O)c1[nH]ncc1C(=O)O. The van der Waals surface area contributed by atoms with E-state index >= 15 is 0 Å². The lowest BCUT2D eigenvalue weighted by Crippen LogP contribution is -2.17. The zero-order valence-electron chi connectivity index (χ0n) is 10.2. The van der Waals surface area contributed by atoms with Crippen molar-refractivity contribution in [3.05, 3.63) is 40.5 Å². The number of carboxylic acid groups (broad SMARTS) is 1. The van der Waals surface area contributed by atoms with E-state index in [0.717, 1.165) is 6.20 Å². The van der Waals surface area contributed by atoms with E-state index in [9.17, 15) is 13.2 Å². The molecule has 2 aromatic rings. The number of nitrogens with one attached hydrogen (secondary N) is 2. The second-order valence-corrected chi connectivity index (χ2v) is 5.96. The van der Waals surface area contributed by atoms with Crippen LogP contribution in [0.15, 0.2) is 29.4 Å². The third-order valence-corrected chi connectivity index (χ3v) is 4.36. The number of carboxylic acids is 1. The van der Waals surface area contributed by atoms with Crippen molar-refractivity contribution >= 4 is 33.3 Å². The lowest BCUT2D eigenvalue weighted by Gasteiger charge is -2.10. The smallest absolute Gasteiger partial charge is 0.340 e. The van der Waals surface area contributed by atoms with Crippen LogP contribution in [0.4, 0.5) is 5.69 Å². The number of halogens is 1. The first kappa shape index (κ1) is 14.4. The minimum absolute atomic E-state index is 0.267. The molecule has 1 aromatic carbocycles.